The topological polar surface area (TPSA) is 89.8 Å². The minimum absolute atomic E-state index is 0.374. The molecule has 308 valence electrons. The van der Waals surface area contributed by atoms with Crippen molar-refractivity contribution in [1.29, 1.82) is 0 Å². The third-order valence-electron chi connectivity index (χ3n) is 10.8. The molecule has 3 atom stereocenters. The van der Waals surface area contributed by atoms with Gasteiger partial charge in [-0.1, -0.05) is 237 Å². The van der Waals surface area contributed by atoms with Crippen molar-refractivity contribution in [3.05, 3.63) is 24.3 Å². The maximum absolute atomic E-state index is 12.4. The highest BCUT2D eigenvalue weighted by molar-refractivity contribution is 5.80. The Hall–Kier alpha value is -1.17. The quantitative estimate of drug-likeness (QED) is 0.0371. The molecule has 0 radical (unpaired) electrons. The van der Waals surface area contributed by atoms with Crippen LogP contribution in [0.3, 0.4) is 0 Å². The molecule has 0 aliphatic heterocycles. The molecule has 0 aromatic heterocycles. The van der Waals surface area contributed by atoms with E-state index in [9.17, 15) is 20.1 Å². The molecule has 5 nitrogen and oxygen atoms in total. The van der Waals surface area contributed by atoms with Gasteiger partial charge in [-0.15, -0.1) is 0 Å². The van der Waals surface area contributed by atoms with Crippen molar-refractivity contribution in [2.24, 2.45) is 0 Å². The molecular weight excluding hydrogens is 643 g/mol. The highest BCUT2D eigenvalue weighted by Crippen LogP contribution is 2.17. The number of unbranched alkanes of at least 4 members (excludes halogenated alkanes) is 32. The first-order chi connectivity index (χ1) is 25.6. The number of aliphatic hydroxyl groups is 3. The molecule has 4 N–H and O–H groups in total. The number of rotatable bonds is 42. The highest BCUT2D eigenvalue weighted by atomic mass is 16.3. The zero-order valence-electron chi connectivity index (χ0n) is 35.0. The second-order valence-electron chi connectivity index (χ2n) is 16.0. The van der Waals surface area contributed by atoms with Crippen LogP contribution in [0.4, 0.5) is 0 Å². The van der Waals surface area contributed by atoms with Crippen LogP contribution >= 0.6 is 0 Å². The van der Waals surface area contributed by atoms with E-state index in [1.807, 2.05) is 6.08 Å². The Kier molecular flexibility index (Phi) is 41.6. The van der Waals surface area contributed by atoms with E-state index in [0.717, 1.165) is 38.5 Å². The molecule has 0 heterocycles. The van der Waals surface area contributed by atoms with Crippen molar-refractivity contribution >= 4 is 5.91 Å². The smallest absolute Gasteiger partial charge is 0.249 e. The summed E-state index contributed by atoms with van der Waals surface area (Å²) in [5, 5.41) is 33.0. The first kappa shape index (κ1) is 50.8. The number of amides is 1. The number of hydrogen-bond donors (Lipinski definition) is 4. The molecule has 5 heteroatoms. The van der Waals surface area contributed by atoms with E-state index in [1.54, 1.807) is 6.08 Å². The second-order valence-corrected chi connectivity index (χ2v) is 16.0. The van der Waals surface area contributed by atoms with Crippen molar-refractivity contribution in [2.75, 3.05) is 6.61 Å². The predicted octanol–water partition coefficient (Wildman–Crippen LogP) is 13.4. The number of carbonyl (C=O) groups is 1. The van der Waals surface area contributed by atoms with E-state index in [4.69, 9.17) is 0 Å². The minimum atomic E-state index is -1.10. The van der Waals surface area contributed by atoms with Gasteiger partial charge in [-0.25, -0.2) is 0 Å². The summed E-state index contributed by atoms with van der Waals surface area (Å²) in [6, 6.07) is -0.809. The van der Waals surface area contributed by atoms with Gasteiger partial charge in [0.15, 0.2) is 0 Å². The molecule has 0 saturated heterocycles. The molecule has 52 heavy (non-hydrogen) atoms. The van der Waals surface area contributed by atoms with Crippen LogP contribution in [0, 0.1) is 0 Å². The number of carbonyl (C=O) groups excluding carboxylic acids is 1. The third kappa shape index (κ3) is 37.2. The van der Waals surface area contributed by atoms with Gasteiger partial charge in [0.05, 0.1) is 18.8 Å². The fourth-order valence-corrected chi connectivity index (χ4v) is 7.14. The van der Waals surface area contributed by atoms with Gasteiger partial charge in [-0.2, -0.15) is 0 Å². The van der Waals surface area contributed by atoms with Gasteiger partial charge in [0, 0.05) is 0 Å². The Labute approximate surface area is 324 Å². The molecule has 0 aromatic rings. The zero-order valence-corrected chi connectivity index (χ0v) is 35.0. The Morgan fingerprint density at radius 3 is 1.17 bits per heavy atom. The Bertz CT molecular complexity index is 768. The number of hydrogen-bond acceptors (Lipinski definition) is 4. The summed E-state index contributed by atoms with van der Waals surface area (Å²) >= 11 is 0. The van der Waals surface area contributed by atoms with E-state index in [-0.39, 0.29) is 6.61 Å². The van der Waals surface area contributed by atoms with Crippen molar-refractivity contribution in [3.63, 3.8) is 0 Å². The normalized spacial score (nSPS) is 13.7. The Balaban J connectivity index is 3.51. The largest absolute Gasteiger partial charge is 0.394 e. The summed E-state index contributed by atoms with van der Waals surface area (Å²) in [6.07, 6.45) is 52.4. The van der Waals surface area contributed by atoms with E-state index in [0.29, 0.717) is 6.42 Å². The van der Waals surface area contributed by atoms with Crippen molar-refractivity contribution in [3.8, 4) is 0 Å². The summed E-state index contributed by atoms with van der Waals surface area (Å²) in [5.74, 6) is -0.512. The van der Waals surface area contributed by atoms with E-state index in [1.165, 1.54) is 186 Å². The van der Waals surface area contributed by atoms with Gasteiger partial charge >= 0.3 is 0 Å². The lowest BCUT2D eigenvalue weighted by molar-refractivity contribution is -0.131. The van der Waals surface area contributed by atoms with Gasteiger partial charge in [-0.05, 0) is 32.1 Å². The van der Waals surface area contributed by atoms with Crippen molar-refractivity contribution in [1.82, 2.24) is 5.32 Å². The molecule has 1 amide bonds. The summed E-state index contributed by atoms with van der Waals surface area (Å²) < 4.78 is 0. The van der Waals surface area contributed by atoms with Gasteiger partial charge in [0.1, 0.15) is 6.10 Å². The van der Waals surface area contributed by atoms with Crippen LogP contribution in [-0.4, -0.2) is 46.1 Å². The second kappa shape index (κ2) is 42.6. The lowest BCUT2D eigenvalue weighted by Gasteiger charge is -2.21. The fraction of sp³-hybridized carbons (Fsp3) is 0.894. The van der Waals surface area contributed by atoms with Crippen LogP contribution in [-0.2, 0) is 4.79 Å². The van der Waals surface area contributed by atoms with Gasteiger partial charge < -0.3 is 20.6 Å². The molecule has 0 bridgehead atoms. The molecule has 0 fully saturated rings. The lowest BCUT2D eigenvalue weighted by atomic mass is 10.0. The molecular formula is C47H91NO4. The molecule has 0 aliphatic carbocycles. The molecule has 0 aliphatic rings. The van der Waals surface area contributed by atoms with Crippen LogP contribution in [0.2, 0.25) is 0 Å². The van der Waals surface area contributed by atoms with Crippen LogP contribution in [0.5, 0.6) is 0 Å². The number of allylic oxidation sites excluding steroid dienone is 3. The molecule has 3 unspecified atom stereocenters. The SMILES string of the molecule is CCCCCC/C=C/CC/C=C/C(O)C(CO)NC(=O)C(O)CCCCCCCCCCCCCCCCCCCCCCCCCCCCCC. The summed E-state index contributed by atoms with van der Waals surface area (Å²) in [4.78, 5) is 12.4. The third-order valence-corrected chi connectivity index (χ3v) is 10.8. The fourth-order valence-electron chi connectivity index (χ4n) is 7.14. The van der Waals surface area contributed by atoms with E-state index >= 15 is 0 Å². The van der Waals surface area contributed by atoms with E-state index < -0.39 is 24.2 Å². The average Bonchev–Trinajstić information content (AvgIpc) is 3.15. The van der Waals surface area contributed by atoms with Gasteiger partial charge in [-0.3, -0.25) is 4.79 Å². The van der Waals surface area contributed by atoms with Gasteiger partial charge in [0.25, 0.3) is 0 Å². The molecule has 0 saturated carbocycles. The average molecular weight is 734 g/mol. The minimum Gasteiger partial charge on any atom is -0.394 e. The first-order valence-corrected chi connectivity index (χ1v) is 23.2. The summed E-state index contributed by atoms with van der Waals surface area (Å²) in [5.41, 5.74) is 0. The van der Waals surface area contributed by atoms with Crippen LogP contribution < -0.4 is 5.32 Å². The highest BCUT2D eigenvalue weighted by Gasteiger charge is 2.22. The van der Waals surface area contributed by atoms with Crippen LogP contribution in [0.25, 0.3) is 0 Å². The van der Waals surface area contributed by atoms with Crippen molar-refractivity contribution in [2.45, 2.75) is 263 Å². The molecule has 0 rings (SSSR count). The summed E-state index contributed by atoms with van der Waals surface area (Å²) in [6.45, 7) is 4.14. The van der Waals surface area contributed by atoms with Crippen molar-refractivity contribution < 1.29 is 20.1 Å². The first-order valence-electron chi connectivity index (χ1n) is 23.2. The maximum atomic E-state index is 12.4. The van der Waals surface area contributed by atoms with Crippen LogP contribution in [0.1, 0.15) is 245 Å². The molecule has 0 spiro atoms. The summed E-state index contributed by atoms with van der Waals surface area (Å²) in [7, 11) is 0. The van der Waals surface area contributed by atoms with E-state index in [2.05, 4.69) is 31.3 Å². The number of aliphatic hydroxyl groups excluding tert-OH is 3. The maximum Gasteiger partial charge on any atom is 0.249 e. The predicted molar refractivity (Wildman–Crippen MR) is 227 cm³/mol. The monoisotopic (exact) mass is 734 g/mol. The number of nitrogens with one attached hydrogen (secondary N) is 1. The van der Waals surface area contributed by atoms with Gasteiger partial charge in [0.2, 0.25) is 5.91 Å². The Morgan fingerprint density at radius 2 is 0.788 bits per heavy atom. The van der Waals surface area contributed by atoms with Crippen LogP contribution in [0.15, 0.2) is 24.3 Å². The zero-order chi connectivity index (χ0) is 38.0. The standard InChI is InChI=1S/C47H91NO4/c1-3-5-7-9-11-13-15-16-17-18-19-20-21-22-23-24-25-26-27-28-29-30-31-32-34-36-38-40-42-46(51)47(52)48-44(43-49)45(50)41-39-37-35-33-14-12-10-8-6-4-2/h14,33,39,41,44-46,49-51H,3-13,15-32,34-38,40,42-43H2,1-2H3,(H,48,52)/b33-14+,41-39+. The Morgan fingerprint density at radius 1 is 0.462 bits per heavy atom. The molecule has 0 aromatic carbocycles. The lowest BCUT2D eigenvalue weighted by Crippen LogP contribution is -2.48.